The molecule has 0 saturated heterocycles. The molecule has 0 spiro atoms. The van der Waals surface area contributed by atoms with Gasteiger partial charge in [-0.05, 0) is 61.6 Å². The summed E-state index contributed by atoms with van der Waals surface area (Å²) in [5.74, 6) is 0.756. The fourth-order valence-electron chi connectivity index (χ4n) is 3.56. The summed E-state index contributed by atoms with van der Waals surface area (Å²) >= 11 is 0. The molecule has 1 aliphatic rings. The molecular formula is C23H24N2O2. The molecule has 0 aliphatic heterocycles. The lowest BCUT2D eigenvalue weighted by molar-refractivity contribution is 0.202. The van der Waals surface area contributed by atoms with Crippen molar-refractivity contribution in [3.05, 3.63) is 78.6 Å². The Hall–Kier alpha value is -3.01. The van der Waals surface area contributed by atoms with Gasteiger partial charge in [0.15, 0.2) is 11.5 Å². The molecule has 0 atom stereocenters. The zero-order chi connectivity index (χ0) is 18.5. The van der Waals surface area contributed by atoms with Crippen molar-refractivity contribution < 1.29 is 9.84 Å². The molecule has 1 heterocycles. The second-order valence-electron chi connectivity index (χ2n) is 6.96. The van der Waals surface area contributed by atoms with Crippen LogP contribution in [0.1, 0.15) is 31.2 Å². The first-order chi connectivity index (χ1) is 13.3. The average molecular weight is 360 g/mol. The third-order valence-electron chi connectivity index (χ3n) is 4.98. The molecule has 2 aromatic carbocycles. The predicted molar refractivity (Wildman–Crippen MR) is 108 cm³/mol. The largest absolute Gasteiger partial charge is 0.504 e. The number of hydrogen-bond acceptors (Lipinski definition) is 4. The van der Waals surface area contributed by atoms with Crippen LogP contribution < -0.4 is 9.64 Å². The van der Waals surface area contributed by atoms with Gasteiger partial charge in [0.1, 0.15) is 0 Å². The quantitative estimate of drug-likeness (QED) is 0.635. The topological polar surface area (TPSA) is 45.6 Å². The number of pyridine rings is 1. The van der Waals surface area contributed by atoms with Crippen molar-refractivity contribution in [2.24, 2.45) is 0 Å². The number of anilines is 2. The minimum absolute atomic E-state index is 0.194. The van der Waals surface area contributed by atoms with E-state index in [1.54, 1.807) is 12.3 Å². The van der Waals surface area contributed by atoms with E-state index in [0.29, 0.717) is 12.3 Å². The van der Waals surface area contributed by atoms with E-state index in [-0.39, 0.29) is 11.9 Å². The van der Waals surface area contributed by atoms with E-state index >= 15 is 0 Å². The second-order valence-corrected chi connectivity index (χ2v) is 6.96. The molecule has 138 valence electrons. The first-order valence-corrected chi connectivity index (χ1v) is 9.51. The van der Waals surface area contributed by atoms with Crippen LogP contribution in [0.4, 0.5) is 11.4 Å². The standard InChI is InChI=1S/C23H24N2O2/c26-22-13-12-20(15-23(22)27-21-10-4-5-11-21)25(19-8-2-1-3-9-19)17-18-7-6-14-24-16-18/h1-3,6-9,12-16,21,26H,4-5,10-11,17H2. The third-order valence-corrected chi connectivity index (χ3v) is 4.98. The summed E-state index contributed by atoms with van der Waals surface area (Å²) < 4.78 is 6.09. The van der Waals surface area contributed by atoms with Crippen molar-refractivity contribution in [3.8, 4) is 11.5 Å². The van der Waals surface area contributed by atoms with Crippen LogP contribution in [0.2, 0.25) is 0 Å². The molecule has 27 heavy (non-hydrogen) atoms. The van der Waals surface area contributed by atoms with E-state index in [0.717, 1.165) is 29.8 Å². The van der Waals surface area contributed by atoms with Gasteiger partial charge in [-0.15, -0.1) is 0 Å². The Morgan fingerprint density at radius 1 is 0.963 bits per heavy atom. The fourth-order valence-corrected chi connectivity index (χ4v) is 3.56. The minimum Gasteiger partial charge on any atom is -0.504 e. The number of nitrogens with zero attached hydrogens (tertiary/aromatic N) is 2. The molecule has 1 N–H and O–H groups in total. The zero-order valence-corrected chi connectivity index (χ0v) is 15.3. The summed E-state index contributed by atoms with van der Waals surface area (Å²) in [7, 11) is 0. The van der Waals surface area contributed by atoms with Gasteiger partial charge in [-0.2, -0.15) is 0 Å². The summed E-state index contributed by atoms with van der Waals surface area (Å²) in [6, 6.07) is 19.8. The van der Waals surface area contributed by atoms with E-state index in [9.17, 15) is 5.11 Å². The summed E-state index contributed by atoms with van der Waals surface area (Å²) in [5.41, 5.74) is 3.18. The Balaban J connectivity index is 1.66. The number of para-hydroxylation sites is 1. The van der Waals surface area contributed by atoms with Gasteiger partial charge in [-0.3, -0.25) is 4.98 Å². The van der Waals surface area contributed by atoms with Crippen LogP contribution in [0, 0.1) is 0 Å². The Labute approximate surface area is 160 Å². The second kappa shape index (κ2) is 8.12. The highest BCUT2D eigenvalue weighted by atomic mass is 16.5. The highest BCUT2D eigenvalue weighted by molar-refractivity contribution is 5.66. The van der Waals surface area contributed by atoms with Crippen molar-refractivity contribution >= 4 is 11.4 Å². The van der Waals surface area contributed by atoms with Gasteiger partial charge in [0.05, 0.1) is 6.10 Å². The molecule has 1 aromatic heterocycles. The highest BCUT2D eigenvalue weighted by Crippen LogP contribution is 2.37. The van der Waals surface area contributed by atoms with Gasteiger partial charge in [0, 0.05) is 36.4 Å². The van der Waals surface area contributed by atoms with Gasteiger partial charge in [0.25, 0.3) is 0 Å². The molecule has 1 aliphatic carbocycles. The summed E-state index contributed by atoms with van der Waals surface area (Å²) in [6.45, 7) is 0.686. The molecule has 4 nitrogen and oxygen atoms in total. The highest BCUT2D eigenvalue weighted by Gasteiger charge is 2.19. The van der Waals surface area contributed by atoms with Crippen LogP contribution in [-0.2, 0) is 6.54 Å². The number of phenolic OH excluding ortho intramolecular Hbond substituents is 1. The van der Waals surface area contributed by atoms with Crippen molar-refractivity contribution in [3.63, 3.8) is 0 Å². The number of aromatic nitrogens is 1. The first kappa shape index (κ1) is 17.4. The molecule has 1 saturated carbocycles. The van der Waals surface area contributed by atoms with Gasteiger partial charge >= 0.3 is 0 Å². The van der Waals surface area contributed by atoms with E-state index in [1.807, 2.05) is 42.6 Å². The number of benzene rings is 2. The maximum atomic E-state index is 10.3. The molecule has 0 bridgehead atoms. The van der Waals surface area contributed by atoms with Crippen LogP contribution in [0.25, 0.3) is 0 Å². The predicted octanol–water partition coefficient (Wildman–Crippen LogP) is 5.45. The summed E-state index contributed by atoms with van der Waals surface area (Å²) in [5, 5.41) is 10.3. The van der Waals surface area contributed by atoms with Crippen molar-refractivity contribution in [1.82, 2.24) is 4.98 Å². The number of ether oxygens (including phenoxy) is 1. The Kier molecular flexibility index (Phi) is 5.24. The number of phenols is 1. The number of rotatable bonds is 6. The van der Waals surface area contributed by atoms with Gasteiger partial charge in [0.2, 0.25) is 0 Å². The third kappa shape index (κ3) is 4.22. The molecular weight excluding hydrogens is 336 g/mol. The monoisotopic (exact) mass is 360 g/mol. The minimum atomic E-state index is 0.194. The zero-order valence-electron chi connectivity index (χ0n) is 15.3. The van der Waals surface area contributed by atoms with Crippen molar-refractivity contribution in [2.45, 2.75) is 38.3 Å². The van der Waals surface area contributed by atoms with Crippen molar-refractivity contribution in [2.75, 3.05) is 4.90 Å². The van der Waals surface area contributed by atoms with Gasteiger partial charge < -0.3 is 14.7 Å². The van der Waals surface area contributed by atoms with Gasteiger partial charge in [-0.1, -0.05) is 24.3 Å². The average Bonchev–Trinajstić information content (AvgIpc) is 3.23. The maximum Gasteiger partial charge on any atom is 0.163 e. The van der Waals surface area contributed by atoms with E-state index < -0.39 is 0 Å². The number of hydrogen-bond donors (Lipinski definition) is 1. The summed E-state index contributed by atoms with van der Waals surface area (Å²) in [6.07, 6.45) is 8.37. The smallest absolute Gasteiger partial charge is 0.163 e. The number of aromatic hydroxyl groups is 1. The Morgan fingerprint density at radius 2 is 1.78 bits per heavy atom. The molecule has 1 fully saturated rings. The molecule has 0 radical (unpaired) electrons. The van der Waals surface area contributed by atoms with E-state index in [1.165, 1.54) is 12.8 Å². The molecule has 4 heteroatoms. The molecule has 4 rings (SSSR count). The van der Waals surface area contributed by atoms with Crippen LogP contribution in [0.5, 0.6) is 11.5 Å². The Morgan fingerprint density at radius 3 is 2.52 bits per heavy atom. The lowest BCUT2D eigenvalue weighted by atomic mass is 10.2. The lowest BCUT2D eigenvalue weighted by Gasteiger charge is -2.26. The lowest BCUT2D eigenvalue weighted by Crippen LogP contribution is -2.17. The van der Waals surface area contributed by atoms with Gasteiger partial charge in [-0.25, -0.2) is 0 Å². The maximum absolute atomic E-state index is 10.3. The van der Waals surface area contributed by atoms with Crippen LogP contribution in [0.15, 0.2) is 73.1 Å². The van der Waals surface area contributed by atoms with Crippen LogP contribution in [-0.4, -0.2) is 16.2 Å². The first-order valence-electron chi connectivity index (χ1n) is 9.51. The summed E-state index contributed by atoms with van der Waals surface area (Å²) in [4.78, 5) is 6.44. The van der Waals surface area contributed by atoms with E-state index in [2.05, 4.69) is 28.1 Å². The fraction of sp³-hybridized carbons (Fsp3) is 0.261. The van der Waals surface area contributed by atoms with E-state index in [4.69, 9.17) is 4.74 Å². The van der Waals surface area contributed by atoms with Crippen LogP contribution >= 0.6 is 0 Å². The SMILES string of the molecule is Oc1ccc(N(Cc2cccnc2)c2ccccc2)cc1OC1CCCC1. The Bertz CT molecular complexity index is 862. The molecule has 0 amide bonds. The molecule has 0 unspecified atom stereocenters. The van der Waals surface area contributed by atoms with Crippen molar-refractivity contribution in [1.29, 1.82) is 0 Å². The van der Waals surface area contributed by atoms with Crippen LogP contribution in [0.3, 0.4) is 0 Å². The molecule has 3 aromatic rings. The normalized spacial score (nSPS) is 14.2.